The molecule has 0 saturated heterocycles. The number of hydrogen-bond acceptors (Lipinski definition) is 2. The van der Waals surface area contributed by atoms with Gasteiger partial charge in [0.2, 0.25) is 0 Å². The van der Waals surface area contributed by atoms with Crippen molar-refractivity contribution in [2.75, 3.05) is 13.1 Å². The molecule has 1 aromatic rings. The SMILES string of the molecule is CCCNCC1(CC2Cc3ccccc3O2)CCC1. The Morgan fingerprint density at radius 1 is 1.32 bits per heavy atom. The zero-order valence-corrected chi connectivity index (χ0v) is 12.0. The number of hydrogen-bond donors (Lipinski definition) is 1. The lowest BCUT2D eigenvalue weighted by molar-refractivity contribution is 0.0610. The molecule has 0 spiro atoms. The lowest BCUT2D eigenvalue weighted by atomic mass is 9.65. The highest BCUT2D eigenvalue weighted by Gasteiger charge is 2.40. The first-order valence-electron chi connectivity index (χ1n) is 7.77. The topological polar surface area (TPSA) is 21.3 Å². The predicted octanol–water partition coefficient (Wildman–Crippen LogP) is 3.55. The van der Waals surface area contributed by atoms with Gasteiger partial charge in [0.15, 0.2) is 0 Å². The van der Waals surface area contributed by atoms with E-state index in [1.54, 1.807) is 0 Å². The summed E-state index contributed by atoms with van der Waals surface area (Å²) in [5, 5.41) is 3.62. The van der Waals surface area contributed by atoms with Crippen LogP contribution in [0.25, 0.3) is 0 Å². The molecule has 104 valence electrons. The van der Waals surface area contributed by atoms with Crippen molar-refractivity contribution in [3.8, 4) is 5.75 Å². The van der Waals surface area contributed by atoms with Crippen LogP contribution >= 0.6 is 0 Å². The van der Waals surface area contributed by atoms with E-state index in [4.69, 9.17) is 4.74 Å². The first-order valence-corrected chi connectivity index (χ1v) is 7.77. The quantitative estimate of drug-likeness (QED) is 0.789. The molecule has 1 aromatic carbocycles. The number of fused-ring (bicyclic) bond motifs is 1. The molecule has 0 amide bonds. The van der Waals surface area contributed by atoms with Gasteiger partial charge in [-0.25, -0.2) is 0 Å². The molecular formula is C17H25NO. The predicted molar refractivity (Wildman–Crippen MR) is 78.6 cm³/mol. The maximum atomic E-state index is 6.12. The van der Waals surface area contributed by atoms with Crippen LogP contribution in [0, 0.1) is 5.41 Å². The lowest BCUT2D eigenvalue weighted by Gasteiger charge is -2.43. The molecule has 1 N–H and O–H groups in total. The molecule has 0 radical (unpaired) electrons. The standard InChI is InChI=1S/C17H25NO/c1-2-10-18-13-17(8-5-9-17)12-15-11-14-6-3-4-7-16(14)19-15/h3-4,6-7,15,18H,2,5,8-13H2,1H3. The summed E-state index contributed by atoms with van der Waals surface area (Å²) in [6, 6.07) is 8.51. The van der Waals surface area contributed by atoms with Crippen molar-refractivity contribution < 1.29 is 4.74 Å². The van der Waals surface area contributed by atoms with Crippen molar-refractivity contribution in [3.05, 3.63) is 29.8 Å². The highest BCUT2D eigenvalue weighted by molar-refractivity contribution is 5.37. The third-order valence-corrected chi connectivity index (χ3v) is 4.72. The summed E-state index contributed by atoms with van der Waals surface area (Å²) < 4.78 is 6.12. The third kappa shape index (κ3) is 2.79. The van der Waals surface area contributed by atoms with E-state index < -0.39 is 0 Å². The molecule has 1 aliphatic carbocycles. The first kappa shape index (κ1) is 13.0. The molecular weight excluding hydrogens is 234 g/mol. The van der Waals surface area contributed by atoms with Gasteiger partial charge in [-0.1, -0.05) is 31.5 Å². The zero-order chi connectivity index (χ0) is 13.1. The molecule has 1 aliphatic heterocycles. The molecule has 2 heteroatoms. The maximum Gasteiger partial charge on any atom is 0.123 e. The summed E-state index contributed by atoms with van der Waals surface area (Å²) in [6.45, 7) is 4.56. The van der Waals surface area contributed by atoms with Crippen LogP contribution in [0.4, 0.5) is 0 Å². The molecule has 1 unspecified atom stereocenters. The molecule has 0 bridgehead atoms. The highest BCUT2D eigenvalue weighted by atomic mass is 16.5. The van der Waals surface area contributed by atoms with Gasteiger partial charge in [0, 0.05) is 13.0 Å². The Labute approximate surface area is 116 Å². The number of ether oxygens (including phenoxy) is 1. The summed E-state index contributed by atoms with van der Waals surface area (Å²) in [6.07, 6.45) is 8.10. The molecule has 0 aromatic heterocycles. The number of para-hydroxylation sites is 1. The van der Waals surface area contributed by atoms with Crippen LogP contribution in [0.15, 0.2) is 24.3 Å². The lowest BCUT2D eigenvalue weighted by Crippen LogP contribution is -2.43. The second-order valence-electron chi connectivity index (χ2n) is 6.29. The van der Waals surface area contributed by atoms with Gasteiger partial charge in [0.25, 0.3) is 0 Å². The second kappa shape index (κ2) is 5.54. The Morgan fingerprint density at radius 3 is 2.84 bits per heavy atom. The van der Waals surface area contributed by atoms with E-state index in [0.717, 1.165) is 18.7 Å². The third-order valence-electron chi connectivity index (χ3n) is 4.72. The Bertz CT molecular complexity index is 400. The number of benzene rings is 1. The van der Waals surface area contributed by atoms with E-state index in [9.17, 15) is 0 Å². The Balaban J connectivity index is 1.56. The molecule has 19 heavy (non-hydrogen) atoms. The normalized spacial score (nSPS) is 23.5. The minimum atomic E-state index is 0.404. The van der Waals surface area contributed by atoms with Gasteiger partial charge in [-0.2, -0.15) is 0 Å². The highest BCUT2D eigenvalue weighted by Crippen LogP contribution is 2.46. The monoisotopic (exact) mass is 259 g/mol. The molecule has 1 heterocycles. The van der Waals surface area contributed by atoms with Gasteiger partial charge in [0.05, 0.1) is 0 Å². The summed E-state index contributed by atoms with van der Waals surface area (Å²) in [5.41, 5.74) is 1.91. The van der Waals surface area contributed by atoms with Crippen LogP contribution in [-0.2, 0) is 6.42 Å². The van der Waals surface area contributed by atoms with Gasteiger partial charge in [-0.15, -0.1) is 0 Å². The van der Waals surface area contributed by atoms with Crippen LogP contribution in [0.5, 0.6) is 5.75 Å². The Hall–Kier alpha value is -1.02. The fourth-order valence-corrected chi connectivity index (χ4v) is 3.51. The van der Waals surface area contributed by atoms with Crippen LogP contribution in [0.2, 0.25) is 0 Å². The fraction of sp³-hybridized carbons (Fsp3) is 0.647. The average molecular weight is 259 g/mol. The van der Waals surface area contributed by atoms with Crippen LogP contribution in [-0.4, -0.2) is 19.2 Å². The van der Waals surface area contributed by atoms with Crippen molar-refractivity contribution in [2.24, 2.45) is 5.41 Å². The van der Waals surface area contributed by atoms with Crippen molar-refractivity contribution in [1.82, 2.24) is 5.32 Å². The van der Waals surface area contributed by atoms with Crippen LogP contribution < -0.4 is 10.1 Å². The Morgan fingerprint density at radius 2 is 2.16 bits per heavy atom. The average Bonchev–Trinajstić information content (AvgIpc) is 2.78. The van der Waals surface area contributed by atoms with E-state index in [-0.39, 0.29) is 0 Å². The van der Waals surface area contributed by atoms with Gasteiger partial charge >= 0.3 is 0 Å². The van der Waals surface area contributed by atoms with E-state index in [2.05, 4.69) is 36.5 Å². The number of nitrogens with one attached hydrogen (secondary N) is 1. The van der Waals surface area contributed by atoms with Crippen molar-refractivity contribution in [2.45, 2.75) is 51.6 Å². The molecule has 2 aliphatic rings. The summed E-state index contributed by atoms with van der Waals surface area (Å²) >= 11 is 0. The molecule has 1 fully saturated rings. The van der Waals surface area contributed by atoms with Gasteiger partial charge in [-0.05, 0) is 49.3 Å². The largest absolute Gasteiger partial charge is 0.490 e. The van der Waals surface area contributed by atoms with Crippen molar-refractivity contribution in [1.29, 1.82) is 0 Å². The molecule has 2 nitrogen and oxygen atoms in total. The minimum absolute atomic E-state index is 0.404. The van der Waals surface area contributed by atoms with Crippen molar-refractivity contribution >= 4 is 0 Å². The zero-order valence-electron chi connectivity index (χ0n) is 12.0. The van der Waals surface area contributed by atoms with E-state index in [1.807, 2.05) is 0 Å². The van der Waals surface area contributed by atoms with Gasteiger partial charge in [-0.3, -0.25) is 0 Å². The van der Waals surface area contributed by atoms with E-state index in [0.29, 0.717) is 11.5 Å². The summed E-state index contributed by atoms with van der Waals surface area (Å²) in [5.74, 6) is 1.11. The van der Waals surface area contributed by atoms with E-state index in [1.165, 1.54) is 44.2 Å². The summed E-state index contributed by atoms with van der Waals surface area (Å²) in [7, 11) is 0. The first-order chi connectivity index (χ1) is 9.31. The number of rotatable bonds is 6. The van der Waals surface area contributed by atoms with Gasteiger partial charge < -0.3 is 10.1 Å². The van der Waals surface area contributed by atoms with Crippen molar-refractivity contribution in [3.63, 3.8) is 0 Å². The minimum Gasteiger partial charge on any atom is -0.490 e. The second-order valence-corrected chi connectivity index (χ2v) is 6.29. The summed E-state index contributed by atoms with van der Waals surface area (Å²) in [4.78, 5) is 0. The molecule has 3 rings (SSSR count). The maximum absolute atomic E-state index is 6.12. The Kier molecular flexibility index (Phi) is 3.79. The van der Waals surface area contributed by atoms with Crippen LogP contribution in [0.3, 0.4) is 0 Å². The fourth-order valence-electron chi connectivity index (χ4n) is 3.51. The smallest absolute Gasteiger partial charge is 0.123 e. The van der Waals surface area contributed by atoms with Gasteiger partial charge in [0.1, 0.15) is 11.9 Å². The van der Waals surface area contributed by atoms with Crippen LogP contribution in [0.1, 0.15) is 44.6 Å². The molecule has 1 saturated carbocycles. The van der Waals surface area contributed by atoms with E-state index >= 15 is 0 Å². The molecule has 1 atom stereocenters.